The number of piperazine rings is 1. The molecule has 1 saturated heterocycles. The number of pyridine rings is 1. The molecule has 0 atom stereocenters. The lowest BCUT2D eigenvalue weighted by molar-refractivity contribution is -0.137. The molecular formula is C30H27ClF3N3O5S. The standard InChI is InChI=1S/C30H27ClF3N3O5S/c31-19-6-8-24(39)22(16-19)26-21-15-18(30(32,33)34)5-7-23(21)35-28(40)27(26)43-17-20(38)3-1-9-36-10-12-37(13-11-36)29(41)25-4-2-14-42-25/h2,4-8,14-16,39H,1,3,9-13,17H2,(H,35,40). The Balaban J connectivity index is 1.27. The topological polar surface area (TPSA) is 107 Å². The van der Waals surface area contributed by atoms with Gasteiger partial charge in [-0.05, 0) is 61.5 Å². The van der Waals surface area contributed by atoms with Gasteiger partial charge in [0.25, 0.3) is 11.5 Å². The monoisotopic (exact) mass is 633 g/mol. The van der Waals surface area contributed by atoms with Crippen molar-refractivity contribution in [3.05, 3.63) is 81.5 Å². The predicted molar refractivity (Wildman–Crippen MR) is 158 cm³/mol. The van der Waals surface area contributed by atoms with Crippen LogP contribution in [-0.4, -0.2) is 70.1 Å². The second-order valence-electron chi connectivity index (χ2n) is 10.1. The second-order valence-corrected chi connectivity index (χ2v) is 11.5. The molecule has 2 aromatic carbocycles. The van der Waals surface area contributed by atoms with Gasteiger partial charge in [-0.25, -0.2) is 0 Å². The minimum Gasteiger partial charge on any atom is -0.507 e. The van der Waals surface area contributed by atoms with Crippen molar-refractivity contribution in [2.45, 2.75) is 23.9 Å². The molecule has 1 amide bonds. The van der Waals surface area contributed by atoms with E-state index in [4.69, 9.17) is 16.0 Å². The number of hydrogen-bond acceptors (Lipinski definition) is 7. The first kappa shape index (κ1) is 30.7. The number of thioether (sulfide) groups is 1. The number of H-pyrrole nitrogens is 1. The van der Waals surface area contributed by atoms with Gasteiger partial charge >= 0.3 is 6.18 Å². The van der Waals surface area contributed by atoms with E-state index in [9.17, 15) is 32.7 Å². The fourth-order valence-corrected chi connectivity index (χ4v) is 6.19. The largest absolute Gasteiger partial charge is 0.507 e. The first-order valence-corrected chi connectivity index (χ1v) is 14.8. The Hall–Kier alpha value is -3.74. The lowest BCUT2D eigenvalue weighted by atomic mass is 9.98. The highest BCUT2D eigenvalue weighted by molar-refractivity contribution is 8.00. The molecule has 0 bridgehead atoms. The zero-order chi connectivity index (χ0) is 30.7. The number of amides is 1. The number of hydrogen-bond donors (Lipinski definition) is 2. The summed E-state index contributed by atoms with van der Waals surface area (Å²) in [5.74, 6) is -0.348. The van der Waals surface area contributed by atoms with Gasteiger partial charge in [0.05, 0.1) is 22.5 Å². The minimum atomic E-state index is -4.64. The average molecular weight is 634 g/mol. The van der Waals surface area contributed by atoms with Gasteiger partial charge in [-0.1, -0.05) is 11.6 Å². The van der Waals surface area contributed by atoms with Crippen LogP contribution < -0.4 is 5.56 Å². The normalized spacial score (nSPS) is 14.4. The highest BCUT2D eigenvalue weighted by Crippen LogP contribution is 2.42. The molecule has 226 valence electrons. The fourth-order valence-electron chi connectivity index (χ4n) is 5.02. The van der Waals surface area contributed by atoms with Gasteiger partial charge in [0, 0.05) is 59.7 Å². The fraction of sp³-hybridized carbons (Fsp3) is 0.300. The molecule has 0 radical (unpaired) electrons. The number of phenols is 1. The zero-order valence-electron chi connectivity index (χ0n) is 22.7. The van der Waals surface area contributed by atoms with Crippen LogP contribution in [0.5, 0.6) is 5.75 Å². The van der Waals surface area contributed by atoms with E-state index in [2.05, 4.69) is 9.88 Å². The van der Waals surface area contributed by atoms with Crippen molar-refractivity contribution in [2.24, 2.45) is 0 Å². The van der Waals surface area contributed by atoms with Crippen LogP contribution >= 0.6 is 23.4 Å². The van der Waals surface area contributed by atoms with Crippen molar-refractivity contribution >= 4 is 46.0 Å². The maximum atomic E-state index is 13.6. The molecule has 1 aliphatic rings. The number of aromatic amines is 1. The third kappa shape index (κ3) is 7.09. The van der Waals surface area contributed by atoms with Gasteiger partial charge in [0.1, 0.15) is 11.5 Å². The van der Waals surface area contributed by atoms with Gasteiger partial charge in [-0.15, -0.1) is 11.8 Å². The summed E-state index contributed by atoms with van der Waals surface area (Å²) in [4.78, 5) is 44.9. The van der Waals surface area contributed by atoms with Crippen LogP contribution in [0.15, 0.2) is 68.9 Å². The minimum absolute atomic E-state index is 0.00934. The van der Waals surface area contributed by atoms with E-state index < -0.39 is 17.3 Å². The van der Waals surface area contributed by atoms with Crippen LogP contribution in [0.2, 0.25) is 5.02 Å². The summed E-state index contributed by atoms with van der Waals surface area (Å²) in [7, 11) is 0. The summed E-state index contributed by atoms with van der Waals surface area (Å²) in [6, 6.07) is 10.3. The number of fused-ring (bicyclic) bond motifs is 1. The van der Waals surface area contributed by atoms with Crippen LogP contribution in [0.3, 0.4) is 0 Å². The summed E-state index contributed by atoms with van der Waals surface area (Å²) in [6.45, 7) is 3.06. The molecule has 4 aromatic rings. The summed E-state index contributed by atoms with van der Waals surface area (Å²) >= 11 is 7.06. The molecule has 0 saturated carbocycles. The number of nitrogens with zero attached hydrogens (tertiary/aromatic N) is 2. The molecule has 1 fully saturated rings. The van der Waals surface area contributed by atoms with E-state index in [1.54, 1.807) is 17.0 Å². The van der Waals surface area contributed by atoms with Crippen LogP contribution in [-0.2, 0) is 11.0 Å². The molecule has 2 N–H and O–H groups in total. The van der Waals surface area contributed by atoms with Gasteiger partial charge in [-0.3, -0.25) is 19.3 Å². The number of carbonyl (C=O) groups is 2. The van der Waals surface area contributed by atoms with E-state index in [0.29, 0.717) is 44.9 Å². The Morgan fingerprint density at radius 3 is 2.53 bits per heavy atom. The predicted octanol–water partition coefficient (Wildman–Crippen LogP) is 6.07. The lowest BCUT2D eigenvalue weighted by Crippen LogP contribution is -2.48. The highest BCUT2D eigenvalue weighted by Gasteiger charge is 2.31. The molecule has 2 aromatic heterocycles. The number of rotatable bonds is 9. The third-order valence-electron chi connectivity index (χ3n) is 7.22. The van der Waals surface area contributed by atoms with Crippen LogP contribution in [0, 0.1) is 0 Å². The van der Waals surface area contributed by atoms with Crippen molar-refractivity contribution in [1.29, 1.82) is 0 Å². The van der Waals surface area contributed by atoms with Crippen LogP contribution in [0.25, 0.3) is 22.0 Å². The SMILES string of the molecule is O=C(CCCN1CCN(C(=O)c2ccco2)CC1)CSc1c(-c2cc(Cl)ccc2O)c2cc(C(F)(F)F)ccc2[nH]c1=O. The Bertz CT molecular complexity index is 1700. The number of ketones is 1. The van der Waals surface area contributed by atoms with Crippen LogP contribution in [0.1, 0.15) is 29.0 Å². The average Bonchev–Trinajstić information content (AvgIpc) is 3.52. The lowest BCUT2D eigenvalue weighted by Gasteiger charge is -2.34. The second kappa shape index (κ2) is 12.9. The van der Waals surface area contributed by atoms with Crippen LogP contribution in [0.4, 0.5) is 13.2 Å². The first-order chi connectivity index (χ1) is 20.5. The number of phenolic OH excluding ortho intramolecular Hbond substituents is 1. The molecule has 3 heterocycles. The molecule has 1 aliphatic heterocycles. The Morgan fingerprint density at radius 1 is 1.07 bits per heavy atom. The first-order valence-electron chi connectivity index (χ1n) is 13.5. The van der Waals surface area contributed by atoms with Crippen molar-refractivity contribution in [1.82, 2.24) is 14.8 Å². The van der Waals surface area contributed by atoms with E-state index >= 15 is 0 Å². The number of aromatic nitrogens is 1. The van der Waals surface area contributed by atoms with Crippen molar-refractivity contribution < 1.29 is 32.3 Å². The molecular weight excluding hydrogens is 607 g/mol. The molecule has 43 heavy (non-hydrogen) atoms. The molecule has 8 nitrogen and oxygen atoms in total. The number of aromatic hydroxyl groups is 1. The van der Waals surface area contributed by atoms with Crippen molar-refractivity contribution in [3.8, 4) is 16.9 Å². The van der Waals surface area contributed by atoms with E-state index in [1.807, 2.05) is 0 Å². The maximum Gasteiger partial charge on any atom is 0.416 e. The number of furan rings is 1. The molecule has 0 spiro atoms. The zero-order valence-corrected chi connectivity index (χ0v) is 24.3. The molecule has 5 rings (SSSR count). The third-order valence-corrected chi connectivity index (χ3v) is 8.60. The number of alkyl halides is 3. The number of nitrogens with one attached hydrogen (secondary N) is 1. The Labute approximate surface area is 253 Å². The van der Waals surface area contributed by atoms with E-state index in [0.717, 1.165) is 30.0 Å². The smallest absolute Gasteiger partial charge is 0.416 e. The Morgan fingerprint density at radius 2 is 1.84 bits per heavy atom. The number of Topliss-reactive ketones (excluding diaryl/α,β-unsaturated/α-hetero) is 1. The van der Waals surface area contributed by atoms with E-state index in [1.165, 1.54) is 24.5 Å². The maximum absolute atomic E-state index is 13.6. The molecule has 0 unspecified atom stereocenters. The van der Waals surface area contributed by atoms with Gasteiger partial charge in [-0.2, -0.15) is 13.2 Å². The summed E-state index contributed by atoms with van der Waals surface area (Å²) in [5.41, 5.74) is -1.21. The molecule has 0 aliphatic carbocycles. The van der Waals surface area contributed by atoms with Gasteiger partial charge < -0.3 is 19.4 Å². The molecule has 13 heteroatoms. The van der Waals surface area contributed by atoms with Gasteiger partial charge in [0.2, 0.25) is 0 Å². The summed E-state index contributed by atoms with van der Waals surface area (Å²) in [6.07, 6.45) is -2.38. The Kier molecular flexibility index (Phi) is 9.19. The summed E-state index contributed by atoms with van der Waals surface area (Å²) < 4.78 is 45.9. The highest BCUT2D eigenvalue weighted by atomic mass is 35.5. The van der Waals surface area contributed by atoms with Crippen molar-refractivity contribution in [2.75, 3.05) is 38.5 Å². The van der Waals surface area contributed by atoms with Gasteiger partial charge in [0.15, 0.2) is 5.76 Å². The van der Waals surface area contributed by atoms with E-state index in [-0.39, 0.29) is 61.6 Å². The van der Waals surface area contributed by atoms with Crippen molar-refractivity contribution in [3.63, 3.8) is 0 Å². The number of benzene rings is 2. The quantitative estimate of drug-likeness (QED) is 0.216. The summed E-state index contributed by atoms with van der Waals surface area (Å²) in [5, 5.41) is 10.9. The number of halogens is 4. The number of carbonyl (C=O) groups excluding carboxylic acids is 2.